The van der Waals surface area contributed by atoms with Gasteiger partial charge in [-0.25, -0.2) is 9.59 Å². The summed E-state index contributed by atoms with van der Waals surface area (Å²) in [6.07, 6.45) is 3.32. The van der Waals surface area contributed by atoms with Gasteiger partial charge in [-0.3, -0.25) is 0 Å². The molecule has 0 aromatic heterocycles. The Hall–Kier alpha value is -0.560. The second kappa shape index (κ2) is 7.71. The number of aliphatic carboxylic acids is 1. The van der Waals surface area contributed by atoms with Crippen LogP contribution in [-0.2, 0) is 4.79 Å². The summed E-state index contributed by atoms with van der Waals surface area (Å²) in [4.78, 5) is 22.5. The van der Waals surface area contributed by atoms with Gasteiger partial charge in [-0.1, -0.05) is 0 Å². The minimum atomic E-state index is -0.977. The molecule has 0 aromatic rings. The first-order valence-electron chi connectivity index (χ1n) is 5.50. The van der Waals surface area contributed by atoms with Crippen LogP contribution in [0.25, 0.3) is 0 Å². The van der Waals surface area contributed by atoms with Gasteiger partial charge in [-0.15, -0.1) is 0 Å². The van der Waals surface area contributed by atoms with Crippen LogP contribution in [0.1, 0.15) is 12.8 Å². The monoisotopic (exact) mass is 278 g/mol. The molecule has 1 aliphatic heterocycles. The van der Waals surface area contributed by atoms with Gasteiger partial charge in [0.1, 0.15) is 6.04 Å². The first-order chi connectivity index (χ1) is 8.13. The first kappa shape index (κ1) is 14.5. The molecule has 0 aromatic carbocycles. The molecule has 1 fully saturated rings. The molecule has 0 aliphatic carbocycles. The Bertz CT molecular complexity index is 270. The van der Waals surface area contributed by atoms with Gasteiger partial charge in [0.15, 0.2) is 0 Å². The quantitative estimate of drug-likeness (QED) is 0.675. The third-order valence-electron chi connectivity index (χ3n) is 2.48. The highest BCUT2D eigenvalue weighted by Gasteiger charge is 2.22. The molecule has 17 heavy (non-hydrogen) atoms. The van der Waals surface area contributed by atoms with Crippen LogP contribution in [0.5, 0.6) is 0 Å². The van der Waals surface area contributed by atoms with E-state index in [9.17, 15) is 9.59 Å². The second-order valence-electron chi connectivity index (χ2n) is 3.85. The fraction of sp³-hybridized carbons (Fsp3) is 0.800. The van der Waals surface area contributed by atoms with Crippen LogP contribution in [0.15, 0.2) is 0 Å². The Morgan fingerprint density at radius 3 is 2.88 bits per heavy atom. The highest BCUT2D eigenvalue weighted by molar-refractivity contribution is 7.99. The molecule has 0 radical (unpaired) electrons. The predicted octanol–water partition coefficient (Wildman–Crippen LogP) is 0.997. The number of hydrogen-bond donors (Lipinski definition) is 3. The van der Waals surface area contributed by atoms with E-state index >= 15 is 0 Å². The van der Waals surface area contributed by atoms with Crippen molar-refractivity contribution in [2.45, 2.75) is 24.9 Å². The molecular formula is C10H18N2O3S2. The zero-order chi connectivity index (χ0) is 12.7. The van der Waals surface area contributed by atoms with Gasteiger partial charge in [-0.2, -0.15) is 23.5 Å². The molecule has 1 unspecified atom stereocenters. The van der Waals surface area contributed by atoms with Crippen molar-refractivity contribution in [3.05, 3.63) is 0 Å². The number of carboxylic acid groups (broad SMARTS) is 1. The van der Waals surface area contributed by atoms with E-state index in [1.807, 2.05) is 6.26 Å². The number of thioether (sulfide) groups is 2. The SMILES string of the molecule is CSCC[C@H](NC(=O)NC1CCSC1)C(=O)O. The molecule has 3 N–H and O–H groups in total. The lowest BCUT2D eigenvalue weighted by Crippen LogP contribution is -2.49. The molecule has 7 heteroatoms. The van der Waals surface area contributed by atoms with Crippen molar-refractivity contribution in [2.75, 3.05) is 23.5 Å². The third-order valence-corrected chi connectivity index (χ3v) is 4.29. The van der Waals surface area contributed by atoms with E-state index < -0.39 is 12.0 Å². The number of nitrogens with one attached hydrogen (secondary N) is 2. The molecular weight excluding hydrogens is 260 g/mol. The third kappa shape index (κ3) is 5.54. The lowest BCUT2D eigenvalue weighted by molar-refractivity contribution is -0.139. The second-order valence-corrected chi connectivity index (χ2v) is 5.99. The van der Waals surface area contributed by atoms with Crippen LogP contribution in [-0.4, -0.2) is 52.7 Å². The molecule has 5 nitrogen and oxygen atoms in total. The molecule has 2 atom stereocenters. The van der Waals surface area contributed by atoms with Crippen molar-refractivity contribution >= 4 is 35.5 Å². The minimum Gasteiger partial charge on any atom is -0.480 e. The van der Waals surface area contributed by atoms with Gasteiger partial charge in [0.25, 0.3) is 0 Å². The maximum atomic E-state index is 11.6. The molecule has 1 aliphatic rings. The van der Waals surface area contributed by atoms with Crippen LogP contribution in [0, 0.1) is 0 Å². The molecule has 98 valence electrons. The topological polar surface area (TPSA) is 78.4 Å². The Morgan fingerprint density at radius 1 is 1.59 bits per heavy atom. The normalized spacial score (nSPS) is 20.9. The van der Waals surface area contributed by atoms with E-state index in [2.05, 4.69) is 10.6 Å². The molecule has 1 heterocycles. The predicted molar refractivity (Wildman–Crippen MR) is 71.8 cm³/mol. The number of urea groups is 1. The number of carbonyl (C=O) groups excluding carboxylic acids is 1. The molecule has 1 rings (SSSR count). The molecule has 0 bridgehead atoms. The van der Waals surface area contributed by atoms with E-state index in [0.29, 0.717) is 6.42 Å². The minimum absolute atomic E-state index is 0.176. The Labute approximate surface area is 109 Å². The van der Waals surface area contributed by atoms with Crippen LogP contribution < -0.4 is 10.6 Å². The number of carboxylic acids is 1. The summed E-state index contributed by atoms with van der Waals surface area (Å²) >= 11 is 3.37. The molecule has 2 amide bonds. The zero-order valence-corrected chi connectivity index (χ0v) is 11.4. The van der Waals surface area contributed by atoms with Crippen LogP contribution in [0.2, 0.25) is 0 Å². The van der Waals surface area contributed by atoms with Gasteiger partial charge >= 0.3 is 12.0 Å². The average Bonchev–Trinajstić information content (AvgIpc) is 2.76. The van der Waals surface area contributed by atoms with Crippen molar-refractivity contribution in [3.8, 4) is 0 Å². The van der Waals surface area contributed by atoms with Crippen molar-refractivity contribution in [2.24, 2.45) is 0 Å². The van der Waals surface area contributed by atoms with E-state index in [1.54, 1.807) is 23.5 Å². The van der Waals surface area contributed by atoms with Crippen molar-refractivity contribution in [1.82, 2.24) is 10.6 Å². The maximum absolute atomic E-state index is 11.6. The number of amides is 2. The summed E-state index contributed by atoms with van der Waals surface area (Å²) in [5, 5.41) is 14.3. The number of carbonyl (C=O) groups is 2. The largest absolute Gasteiger partial charge is 0.480 e. The summed E-state index contributed by atoms with van der Waals surface area (Å²) in [5.74, 6) is 1.71. The summed E-state index contributed by atoms with van der Waals surface area (Å²) < 4.78 is 0. The average molecular weight is 278 g/mol. The summed E-state index contributed by atoms with van der Waals surface area (Å²) in [6, 6.07) is -0.988. The molecule has 0 spiro atoms. The van der Waals surface area contributed by atoms with Gasteiger partial charge in [0.05, 0.1) is 0 Å². The van der Waals surface area contributed by atoms with Gasteiger partial charge < -0.3 is 15.7 Å². The van der Waals surface area contributed by atoms with E-state index in [-0.39, 0.29) is 12.1 Å². The van der Waals surface area contributed by atoms with E-state index in [1.165, 1.54) is 0 Å². The molecule has 0 saturated carbocycles. The summed E-state index contributed by atoms with van der Waals surface area (Å²) in [5.41, 5.74) is 0. The summed E-state index contributed by atoms with van der Waals surface area (Å²) in [6.45, 7) is 0. The van der Waals surface area contributed by atoms with Crippen molar-refractivity contribution in [3.63, 3.8) is 0 Å². The zero-order valence-electron chi connectivity index (χ0n) is 9.77. The fourth-order valence-corrected chi connectivity index (χ4v) is 3.15. The fourth-order valence-electron chi connectivity index (χ4n) is 1.53. The van der Waals surface area contributed by atoms with Crippen LogP contribution >= 0.6 is 23.5 Å². The van der Waals surface area contributed by atoms with E-state index in [4.69, 9.17) is 5.11 Å². The maximum Gasteiger partial charge on any atom is 0.326 e. The Morgan fingerprint density at radius 2 is 2.35 bits per heavy atom. The van der Waals surface area contributed by atoms with Gasteiger partial charge in [-0.05, 0) is 30.6 Å². The Kier molecular flexibility index (Phi) is 6.57. The highest BCUT2D eigenvalue weighted by atomic mass is 32.2. The van der Waals surface area contributed by atoms with Crippen LogP contribution in [0.3, 0.4) is 0 Å². The lowest BCUT2D eigenvalue weighted by Gasteiger charge is -2.17. The van der Waals surface area contributed by atoms with E-state index in [0.717, 1.165) is 23.7 Å². The number of rotatable bonds is 6. The molecule has 1 saturated heterocycles. The summed E-state index contributed by atoms with van der Waals surface area (Å²) in [7, 11) is 0. The Balaban J connectivity index is 2.32. The lowest BCUT2D eigenvalue weighted by atomic mass is 10.2. The van der Waals surface area contributed by atoms with Crippen molar-refractivity contribution in [1.29, 1.82) is 0 Å². The smallest absolute Gasteiger partial charge is 0.326 e. The van der Waals surface area contributed by atoms with Gasteiger partial charge in [0, 0.05) is 11.8 Å². The van der Waals surface area contributed by atoms with Crippen molar-refractivity contribution < 1.29 is 14.7 Å². The number of hydrogen-bond acceptors (Lipinski definition) is 4. The van der Waals surface area contributed by atoms with Crippen LogP contribution in [0.4, 0.5) is 4.79 Å². The van der Waals surface area contributed by atoms with Gasteiger partial charge in [0.2, 0.25) is 0 Å². The standard InChI is InChI=1S/C10H18N2O3S2/c1-16-4-3-8(9(13)14)12-10(15)11-7-2-5-17-6-7/h7-8H,2-6H2,1H3,(H,13,14)(H2,11,12,15)/t7?,8-/m0/s1. The first-order valence-corrected chi connectivity index (χ1v) is 8.05. The highest BCUT2D eigenvalue weighted by Crippen LogP contribution is 2.16.